The summed E-state index contributed by atoms with van der Waals surface area (Å²) in [6, 6.07) is 17.0. The molecule has 3 aromatic rings. The molecule has 3 aromatic carbocycles. The van der Waals surface area contributed by atoms with Crippen molar-refractivity contribution in [2.45, 2.75) is 39.1 Å². The van der Waals surface area contributed by atoms with Crippen LogP contribution in [0.2, 0.25) is 0 Å². The maximum absolute atomic E-state index is 13.8. The standard InChI is InChI=1S/C28H31F2N3O4/c1-17-20(10-6-13-25(17)34)28(37)33-24(14-19-8-4-3-5-9-19)18(2)27(36)32-16-26(35)31-15-21-22(29)11-7-12-23(21)30/h3-13,18,24,27,32,34,36H,14-16H2,1-2H3,(H,31,35)(H,33,37)/t18-,24-,27?/m0/s1. The molecule has 0 heterocycles. The number of phenolic OH excluding ortho intramolecular Hbond substituents is 1. The number of aliphatic hydroxyl groups is 1. The van der Waals surface area contributed by atoms with Crippen molar-refractivity contribution in [2.75, 3.05) is 6.54 Å². The first-order valence-electron chi connectivity index (χ1n) is 11.9. The summed E-state index contributed by atoms with van der Waals surface area (Å²) in [4.78, 5) is 25.3. The molecule has 196 valence electrons. The summed E-state index contributed by atoms with van der Waals surface area (Å²) < 4.78 is 27.5. The summed E-state index contributed by atoms with van der Waals surface area (Å²) in [6.07, 6.45) is -0.779. The van der Waals surface area contributed by atoms with Gasteiger partial charge in [-0.2, -0.15) is 0 Å². The summed E-state index contributed by atoms with van der Waals surface area (Å²) in [7, 11) is 0. The average Bonchev–Trinajstić information content (AvgIpc) is 2.88. The second-order valence-corrected chi connectivity index (χ2v) is 8.88. The van der Waals surface area contributed by atoms with Gasteiger partial charge >= 0.3 is 0 Å². The number of aliphatic hydroxyl groups excluding tert-OH is 1. The van der Waals surface area contributed by atoms with Crippen molar-refractivity contribution in [3.63, 3.8) is 0 Å². The van der Waals surface area contributed by atoms with Crippen LogP contribution < -0.4 is 16.0 Å². The molecular weight excluding hydrogens is 480 g/mol. The zero-order valence-electron chi connectivity index (χ0n) is 20.7. The topological polar surface area (TPSA) is 111 Å². The molecule has 3 rings (SSSR count). The maximum atomic E-state index is 13.8. The lowest BCUT2D eigenvalue weighted by Crippen LogP contribution is -2.50. The molecule has 3 atom stereocenters. The Morgan fingerprint density at radius 2 is 1.59 bits per heavy atom. The number of rotatable bonds is 11. The van der Waals surface area contributed by atoms with E-state index in [9.17, 15) is 28.6 Å². The van der Waals surface area contributed by atoms with Gasteiger partial charge in [0.15, 0.2) is 0 Å². The van der Waals surface area contributed by atoms with Crippen molar-refractivity contribution < 1.29 is 28.6 Å². The number of nitrogens with one attached hydrogen (secondary N) is 3. The molecule has 0 fully saturated rings. The summed E-state index contributed by atoms with van der Waals surface area (Å²) in [5.74, 6) is -3.03. The molecule has 0 spiro atoms. The van der Waals surface area contributed by atoms with Crippen molar-refractivity contribution in [1.82, 2.24) is 16.0 Å². The fraction of sp³-hybridized carbons (Fsp3) is 0.286. The number of halogens is 2. The van der Waals surface area contributed by atoms with Crippen molar-refractivity contribution in [2.24, 2.45) is 5.92 Å². The molecule has 9 heteroatoms. The first-order chi connectivity index (χ1) is 17.7. The highest BCUT2D eigenvalue weighted by molar-refractivity contribution is 5.96. The van der Waals surface area contributed by atoms with Gasteiger partial charge in [-0.05, 0) is 43.2 Å². The van der Waals surface area contributed by atoms with E-state index in [0.29, 0.717) is 17.5 Å². The molecule has 0 aromatic heterocycles. The number of hydrogen-bond donors (Lipinski definition) is 5. The maximum Gasteiger partial charge on any atom is 0.251 e. The molecule has 0 bridgehead atoms. The second kappa shape index (κ2) is 12.9. The van der Waals surface area contributed by atoms with Gasteiger partial charge in [-0.3, -0.25) is 14.9 Å². The minimum atomic E-state index is -1.18. The molecule has 37 heavy (non-hydrogen) atoms. The van der Waals surface area contributed by atoms with Crippen molar-refractivity contribution in [3.8, 4) is 5.75 Å². The molecule has 1 unspecified atom stereocenters. The molecule has 0 saturated heterocycles. The van der Waals surface area contributed by atoms with E-state index >= 15 is 0 Å². The Kier molecular flexibility index (Phi) is 9.71. The zero-order chi connectivity index (χ0) is 26.9. The Bertz CT molecular complexity index is 1200. The smallest absolute Gasteiger partial charge is 0.251 e. The SMILES string of the molecule is Cc1c(O)cccc1C(=O)N[C@@H](Cc1ccccc1)[C@H](C)C(O)NCC(=O)NCc1c(F)cccc1F. The van der Waals surface area contributed by atoms with E-state index < -0.39 is 41.6 Å². The number of carbonyl (C=O) groups excluding carboxylic acids is 2. The van der Waals surface area contributed by atoms with E-state index in [-0.39, 0.29) is 24.4 Å². The first-order valence-corrected chi connectivity index (χ1v) is 11.9. The van der Waals surface area contributed by atoms with Crippen LogP contribution in [-0.4, -0.2) is 40.8 Å². The van der Waals surface area contributed by atoms with E-state index in [2.05, 4.69) is 16.0 Å². The third-order valence-corrected chi connectivity index (χ3v) is 6.29. The van der Waals surface area contributed by atoms with Crippen LogP contribution in [0.4, 0.5) is 8.78 Å². The zero-order valence-corrected chi connectivity index (χ0v) is 20.7. The number of hydrogen-bond acceptors (Lipinski definition) is 5. The lowest BCUT2D eigenvalue weighted by Gasteiger charge is -2.30. The highest BCUT2D eigenvalue weighted by Gasteiger charge is 2.27. The highest BCUT2D eigenvalue weighted by Crippen LogP contribution is 2.21. The van der Waals surface area contributed by atoms with Gasteiger partial charge < -0.3 is 20.8 Å². The molecule has 0 saturated carbocycles. The van der Waals surface area contributed by atoms with Crippen LogP contribution >= 0.6 is 0 Å². The fourth-order valence-corrected chi connectivity index (χ4v) is 3.91. The Morgan fingerprint density at radius 1 is 0.946 bits per heavy atom. The van der Waals surface area contributed by atoms with Crippen LogP contribution in [0.3, 0.4) is 0 Å². The van der Waals surface area contributed by atoms with Gasteiger partial charge in [0.05, 0.1) is 6.54 Å². The van der Waals surface area contributed by atoms with E-state index in [1.165, 1.54) is 12.1 Å². The number of amides is 2. The predicted octanol–water partition coefficient (Wildman–Crippen LogP) is 3.18. The molecule has 0 aliphatic carbocycles. The van der Waals surface area contributed by atoms with Gasteiger partial charge in [0.1, 0.15) is 23.6 Å². The van der Waals surface area contributed by atoms with Gasteiger partial charge in [-0.1, -0.05) is 49.4 Å². The fourth-order valence-electron chi connectivity index (χ4n) is 3.91. The molecule has 5 N–H and O–H groups in total. The Morgan fingerprint density at radius 3 is 2.27 bits per heavy atom. The minimum absolute atomic E-state index is 0.00304. The van der Waals surface area contributed by atoms with Gasteiger partial charge in [0.2, 0.25) is 5.91 Å². The monoisotopic (exact) mass is 511 g/mol. The summed E-state index contributed by atoms with van der Waals surface area (Å²) in [6.45, 7) is 2.73. The third kappa shape index (κ3) is 7.58. The molecule has 0 aliphatic rings. The van der Waals surface area contributed by atoms with Crippen LogP contribution in [0.5, 0.6) is 5.75 Å². The van der Waals surface area contributed by atoms with Crippen molar-refractivity contribution in [3.05, 3.63) is 101 Å². The Labute approximate surface area is 214 Å². The second-order valence-electron chi connectivity index (χ2n) is 8.88. The minimum Gasteiger partial charge on any atom is -0.508 e. The van der Waals surface area contributed by atoms with Crippen molar-refractivity contribution >= 4 is 11.8 Å². The van der Waals surface area contributed by atoms with Crippen LogP contribution in [0.1, 0.15) is 34.0 Å². The van der Waals surface area contributed by atoms with Gasteiger partial charge in [0.25, 0.3) is 5.91 Å². The van der Waals surface area contributed by atoms with Crippen molar-refractivity contribution in [1.29, 1.82) is 0 Å². The molecule has 7 nitrogen and oxygen atoms in total. The first kappa shape index (κ1) is 27.8. The number of benzene rings is 3. The van der Waals surface area contributed by atoms with Gasteiger partial charge in [-0.25, -0.2) is 8.78 Å². The van der Waals surface area contributed by atoms with Gasteiger partial charge in [-0.15, -0.1) is 0 Å². The highest BCUT2D eigenvalue weighted by atomic mass is 19.1. The number of carbonyl (C=O) groups is 2. The van der Waals surface area contributed by atoms with Crippen LogP contribution in [-0.2, 0) is 17.8 Å². The summed E-state index contributed by atoms with van der Waals surface area (Å²) in [5.41, 5.74) is 1.43. The van der Waals surface area contributed by atoms with E-state index in [4.69, 9.17) is 0 Å². The van der Waals surface area contributed by atoms with E-state index in [1.807, 2.05) is 30.3 Å². The lowest BCUT2D eigenvalue weighted by atomic mass is 9.92. The molecule has 0 aliphatic heterocycles. The van der Waals surface area contributed by atoms with Crippen LogP contribution in [0, 0.1) is 24.5 Å². The summed E-state index contributed by atoms with van der Waals surface area (Å²) in [5, 5.41) is 28.8. The van der Waals surface area contributed by atoms with Crippen LogP contribution in [0.15, 0.2) is 66.7 Å². The Balaban J connectivity index is 1.64. The number of phenols is 1. The third-order valence-electron chi connectivity index (χ3n) is 6.29. The van der Waals surface area contributed by atoms with E-state index in [1.54, 1.807) is 26.0 Å². The number of aromatic hydroxyl groups is 1. The molecular formula is C28H31F2N3O4. The Hall–Kier alpha value is -3.82. The average molecular weight is 512 g/mol. The summed E-state index contributed by atoms with van der Waals surface area (Å²) >= 11 is 0. The molecule has 2 amide bonds. The van der Waals surface area contributed by atoms with E-state index in [0.717, 1.165) is 17.7 Å². The normalized spacial score (nSPS) is 13.4. The quantitative estimate of drug-likeness (QED) is 0.254. The van der Waals surface area contributed by atoms with Crippen LogP contribution in [0.25, 0.3) is 0 Å². The largest absolute Gasteiger partial charge is 0.508 e. The predicted molar refractivity (Wildman–Crippen MR) is 136 cm³/mol. The molecule has 0 radical (unpaired) electrons. The van der Waals surface area contributed by atoms with Gasteiger partial charge in [0, 0.05) is 35.2 Å². The lowest BCUT2D eigenvalue weighted by molar-refractivity contribution is -0.121.